The van der Waals surface area contributed by atoms with Gasteiger partial charge in [0.05, 0.1) is 5.39 Å². The first kappa shape index (κ1) is 22.9. The van der Waals surface area contributed by atoms with Crippen LogP contribution in [0.1, 0.15) is 16.7 Å². The molecule has 0 aliphatic carbocycles. The van der Waals surface area contributed by atoms with Crippen LogP contribution in [0.15, 0.2) is 63.8 Å². The van der Waals surface area contributed by atoms with E-state index in [0.29, 0.717) is 26.9 Å². The zero-order chi connectivity index (χ0) is 23.7. The molecular formula is C26H21Cl2NO4. The Morgan fingerprint density at radius 1 is 0.970 bits per heavy atom. The van der Waals surface area contributed by atoms with Gasteiger partial charge in [-0.2, -0.15) is 0 Å². The first-order valence-corrected chi connectivity index (χ1v) is 11.0. The molecular weight excluding hydrogens is 461 g/mol. The number of halogens is 2. The fourth-order valence-corrected chi connectivity index (χ4v) is 3.71. The third kappa shape index (κ3) is 4.90. The number of nitrogens with one attached hydrogen (secondary N) is 1. The van der Waals surface area contributed by atoms with Crippen LogP contribution < -0.4 is 15.5 Å². The van der Waals surface area contributed by atoms with Crippen molar-refractivity contribution in [3.05, 3.63) is 91.6 Å². The first-order valence-electron chi connectivity index (χ1n) is 10.3. The lowest BCUT2D eigenvalue weighted by molar-refractivity contribution is -0.118. The van der Waals surface area contributed by atoms with Crippen LogP contribution in [0.5, 0.6) is 5.75 Å². The summed E-state index contributed by atoms with van der Waals surface area (Å²) in [6, 6.07) is 16.0. The highest BCUT2D eigenvalue weighted by atomic mass is 35.5. The van der Waals surface area contributed by atoms with Gasteiger partial charge in [-0.1, -0.05) is 59.1 Å². The normalized spacial score (nSPS) is 10.9. The summed E-state index contributed by atoms with van der Waals surface area (Å²) in [5, 5.41) is 3.98. The van der Waals surface area contributed by atoms with E-state index in [1.807, 2.05) is 45.0 Å². The van der Waals surface area contributed by atoms with Gasteiger partial charge in [0, 0.05) is 21.3 Å². The smallest absolute Gasteiger partial charge is 0.262 e. The minimum atomic E-state index is -0.434. The molecule has 4 aromatic rings. The van der Waals surface area contributed by atoms with Crippen LogP contribution in [-0.4, -0.2) is 12.5 Å². The van der Waals surface area contributed by atoms with Crippen molar-refractivity contribution in [3.63, 3.8) is 0 Å². The van der Waals surface area contributed by atoms with E-state index in [2.05, 4.69) is 5.32 Å². The average molecular weight is 482 g/mol. The van der Waals surface area contributed by atoms with Crippen molar-refractivity contribution >= 4 is 45.8 Å². The van der Waals surface area contributed by atoms with E-state index in [-0.39, 0.29) is 23.5 Å². The number of amides is 1. The molecule has 1 aromatic heterocycles. The third-order valence-electron chi connectivity index (χ3n) is 5.27. The summed E-state index contributed by atoms with van der Waals surface area (Å²) in [6.07, 6.45) is 0. The molecule has 3 aromatic carbocycles. The van der Waals surface area contributed by atoms with Gasteiger partial charge in [-0.25, -0.2) is 0 Å². The number of fused-ring (bicyclic) bond motifs is 1. The molecule has 0 atom stereocenters. The SMILES string of the molecule is Cc1ccc(-c2oc3cc(C)c(Cl)cc3c(=O)c2OCC(=O)Nc2cc(Cl)ccc2C)cc1. The number of aryl methyl sites for hydroxylation is 3. The minimum absolute atomic E-state index is 0.0516. The van der Waals surface area contributed by atoms with Gasteiger partial charge in [0.15, 0.2) is 12.4 Å². The van der Waals surface area contributed by atoms with Gasteiger partial charge in [0.2, 0.25) is 11.2 Å². The first-order chi connectivity index (χ1) is 15.7. The van der Waals surface area contributed by atoms with E-state index in [4.69, 9.17) is 32.4 Å². The molecule has 0 aliphatic rings. The maximum absolute atomic E-state index is 13.3. The summed E-state index contributed by atoms with van der Waals surface area (Å²) in [5.74, 6) is -0.234. The van der Waals surface area contributed by atoms with Gasteiger partial charge in [0.25, 0.3) is 5.91 Å². The quantitative estimate of drug-likeness (QED) is 0.343. The molecule has 4 rings (SSSR count). The maximum Gasteiger partial charge on any atom is 0.262 e. The Kier molecular flexibility index (Phi) is 6.45. The average Bonchev–Trinajstić information content (AvgIpc) is 2.77. The highest BCUT2D eigenvalue weighted by molar-refractivity contribution is 6.32. The Hall–Kier alpha value is -3.28. The van der Waals surface area contributed by atoms with Crippen molar-refractivity contribution in [1.82, 2.24) is 0 Å². The van der Waals surface area contributed by atoms with Crippen molar-refractivity contribution in [2.45, 2.75) is 20.8 Å². The number of benzene rings is 3. The number of anilines is 1. The molecule has 5 nitrogen and oxygen atoms in total. The number of carbonyl (C=O) groups is 1. The van der Waals surface area contributed by atoms with Gasteiger partial charge < -0.3 is 14.5 Å². The number of hydrogen-bond acceptors (Lipinski definition) is 4. The van der Waals surface area contributed by atoms with Crippen molar-refractivity contribution in [1.29, 1.82) is 0 Å². The molecule has 0 saturated carbocycles. The molecule has 7 heteroatoms. The molecule has 0 saturated heterocycles. The number of ether oxygens (including phenoxy) is 1. The van der Waals surface area contributed by atoms with E-state index in [9.17, 15) is 9.59 Å². The topological polar surface area (TPSA) is 68.5 Å². The highest BCUT2D eigenvalue weighted by Crippen LogP contribution is 2.33. The monoisotopic (exact) mass is 481 g/mol. The Morgan fingerprint density at radius 2 is 1.70 bits per heavy atom. The van der Waals surface area contributed by atoms with Gasteiger partial charge in [-0.15, -0.1) is 0 Å². The van der Waals surface area contributed by atoms with Gasteiger partial charge >= 0.3 is 0 Å². The maximum atomic E-state index is 13.3. The molecule has 1 N–H and O–H groups in total. The Morgan fingerprint density at radius 3 is 2.42 bits per heavy atom. The van der Waals surface area contributed by atoms with Gasteiger partial charge in [-0.05, 0) is 56.2 Å². The van der Waals surface area contributed by atoms with Crippen molar-refractivity contribution in [2.75, 3.05) is 11.9 Å². The zero-order valence-electron chi connectivity index (χ0n) is 18.3. The van der Waals surface area contributed by atoms with Crippen LogP contribution >= 0.6 is 23.2 Å². The Balaban J connectivity index is 1.72. The van der Waals surface area contributed by atoms with Gasteiger partial charge in [0.1, 0.15) is 5.58 Å². The number of hydrogen-bond donors (Lipinski definition) is 1. The molecule has 0 spiro atoms. The van der Waals surface area contributed by atoms with Crippen LogP contribution in [0.2, 0.25) is 10.0 Å². The fraction of sp³-hybridized carbons (Fsp3) is 0.154. The van der Waals surface area contributed by atoms with Crippen LogP contribution in [-0.2, 0) is 4.79 Å². The highest BCUT2D eigenvalue weighted by Gasteiger charge is 2.20. The van der Waals surface area contributed by atoms with Crippen LogP contribution in [0.25, 0.3) is 22.3 Å². The summed E-state index contributed by atoms with van der Waals surface area (Å²) in [6.45, 7) is 5.26. The Labute approximate surface area is 200 Å². The summed E-state index contributed by atoms with van der Waals surface area (Å²) in [4.78, 5) is 25.9. The van der Waals surface area contributed by atoms with Crippen molar-refractivity contribution in [2.24, 2.45) is 0 Å². The van der Waals surface area contributed by atoms with Gasteiger partial charge in [-0.3, -0.25) is 9.59 Å². The molecule has 0 aliphatic heterocycles. The lowest BCUT2D eigenvalue weighted by Crippen LogP contribution is -2.23. The number of carbonyl (C=O) groups excluding carboxylic acids is 1. The van der Waals surface area contributed by atoms with E-state index >= 15 is 0 Å². The summed E-state index contributed by atoms with van der Waals surface area (Å²) >= 11 is 12.3. The predicted molar refractivity (Wildman–Crippen MR) is 133 cm³/mol. The van der Waals surface area contributed by atoms with Crippen LogP contribution in [0, 0.1) is 20.8 Å². The molecule has 0 unspecified atom stereocenters. The third-order valence-corrected chi connectivity index (χ3v) is 5.91. The van der Waals surface area contributed by atoms with E-state index in [1.165, 1.54) is 0 Å². The Bertz CT molecular complexity index is 1430. The van der Waals surface area contributed by atoms with E-state index < -0.39 is 11.3 Å². The van der Waals surface area contributed by atoms with Crippen LogP contribution in [0.3, 0.4) is 0 Å². The zero-order valence-corrected chi connectivity index (χ0v) is 19.8. The standard InChI is InChI=1S/C26H21Cl2NO4/c1-14-4-7-17(8-5-14)25-26(24(31)19-12-20(28)16(3)10-22(19)33-25)32-13-23(30)29-21-11-18(27)9-6-15(21)2/h4-12H,13H2,1-3H3,(H,29,30). The summed E-state index contributed by atoms with van der Waals surface area (Å²) in [5.41, 5.74) is 3.92. The van der Waals surface area contributed by atoms with Crippen molar-refractivity contribution in [3.8, 4) is 17.1 Å². The second-order valence-electron chi connectivity index (χ2n) is 7.85. The van der Waals surface area contributed by atoms with Crippen molar-refractivity contribution < 1.29 is 13.9 Å². The lowest BCUT2D eigenvalue weighted by atomic mass is 10.1. The fourth-order valence-electron chi connectivity index (χ4n) is 3.38. The summed E-state index contributed by atoms with van der Waals surface area (Å²) < 4.78 is 11.8. The molecule has 1 heterocycles. The second kappa shape index (κ2) is 9.30. The van der Waals surface area contributed by atoms with E-state index in [1.54, 1.807) is 30.3 Å². The number of rotatable bonds is 5. The lowest BCUT2D eigenvalue weighted by Gasteiger charge is -2.13. The largest absolute Gasteiger partial charge is 0.476 e. The molecule has 1 amide bonds. The molecule has 0 fully saturated rings. The van der Waals surface area contributed by atoms with Crippen LogP contribution in [0.4, 0.5) is 5.69 Å². The second-order valence-corrected chi connectivity index (χ2v) is 8.69. The molecule has 168 valence electrons. The predicted octanol–water partition coefficient (Wildman–Crippen LogP) is 6.71. The molecule has 33 heavy (non-hydrogen) atoms. The minimum Gasteiger partial charge on any atom is -0.476 e. The van der Waals surface area contributed by atoms with E-state index in [0.717, 1.165) is 16.7 Å². The summed E-state index contributed by atoms with van der Waals surface area (Å²) in [7, 11) is 0. The molecule has 0 bridgehead atoms. The molecule has 0 radical (unpaired) electrons.